The fraction of sp³-hybridized carbons (Fsp3) is 0.562. The molecule has 1 N–H and O–H groups in total. The zero-order valence-electron chi connectivity index (χ0n) is 13.2. The highest BCUT2D eigenvalue weighted by atomic mass is 32.2. The summed E-state index contributed by atoms with van der Waals surface area (Å²) >= 11 is 0. The maximum atomic E-state index is 12.3. The third kappa shape index (κ3) is 4.08. The number of piperidine rings is 1. The minimum Gasteiger partial charge on any atom is -0.341 e. The molecule has 1 saturated heterocycles. The SMILES string of the molecule is CCc1ccc(S(=O)(=O)N[C@@H](C)C(=O)N2CCCCC2)cc1. The van der Waals surface area contributed by atoms with E-state index in [2.05, 4.69) is 4.72 Å². The summed E-state index contributed by atoms with van der Waals surface area (Å²) < 4.78 is 27.2. The molecule has 0 aliphatic carbocycles. The maximum Gasteiger partial charge on any atom is 0.241 e. The van der Waals surface area contributed by atoms with Gasteiger partial charge >= 0.3 is 0 Å². The van der Waals surface area contributed by atoms with Crippen LogP contribution in [0.15, 0.2) is 29.2 Å². The van der Waals surface area contributed by atoms with E-state index in [1.54, 1.807) is 36.1 Å². The van der Waals surface area contributed by atoms with Gasteiger partial charge in [-0.15, -0.1) is 0 Å². The Bertz CT molecular complexity index is 605. The van der Waals surface area contributed by atoms with E-state index in [0.717, 1.165) is 44.3 Å². The molecule has 0 bridgehead atoms. The summed E-state index contributed by atoms with van der Waals surface area (Å²) in [6.07, 6.45) is 3.97. The monoisotopic (exact) mass is 324 g/mol. The number of benzene rings is 1. The van der Waals surface area contributed by atoms with Gasteiger partial charge in [0, 0.05) is 13.1 Å². The van der Waals surface area contributed by atoms with Crippen LogP contribution in [0, 0.1) is 0 Å². The lowest BCUT2D eigenvalue weighted by Crippen LogP contribution is -2.48. The molecule has 1 heterocycles. The summed E-state index contributed by atoms with van der Waals surface area (Å²) in [6, 6.07) is 6.02. The fourth-order valence-electron chi connectivity index (χ4n) is 2.64. The number of nitrogens with zero attached hydrogens (tertiary/aromatic N) is 1. The van der Waals surface area contributed by atoms with Gasteiger partial charge in [-0.3, -0.25) is 4.79 Å². The Morgan fingerprint density at radius 3 is 2.32 bits per heavy atom. The summed E-state index contributed by atoms with van der Waals surface area (Å²) in [7, 11) is -3.67. The Morgan fingerprint density at radius 2 is 1.77 bits per heavy atom. The summed E-state index contributed by atoms with van der Waals surface area (Å²) in [5.74, 6) is -0.145. The van der Waals surface area contributed by atoms with Crippen LogP contribution in [0.1, 0.15) is 38.7 Å². The molecule has 5 nitrogen and oxygen atoms in total. The second-order valence-electron chi connectivity index (χ2n) is 5.73. The van der Waals surface area contributed by atoms with Gasteiger partial charge in [0.25, 0.3) is 0 Å². The minimum absolute atomic E-state index is 0.145. The van der Waals surface area contributed by atoms with Crippen LogP contribution < -0.4 is 4.72 Å². The first-order chi connectivity index (χ1) is 10.4. The van der Waals surface area contributed by atoms with Crippen molar-refractivity contribution < 1.29 is 13.2 Å². The van der Waals surface area contributed by atoms with E-state index in [1.807, 2.05) is 6.92 Å². The van der Waals surface area contributed by atoms with Crippen molar-refractivity contribution in [1.82, 2.24) is 9.62 Å². The highest BCUT2D eigenvalue weighted by molar-refractivity contribution is 7.89. The lowest BCUT2D eigenvalue weighted by Gasteiger charge is -2.29. The van der Waals surface area contributed by atoms with Crippen LogP contribution in [0.4, 0.5) is 0 Å². The Labute approximate surface area is 132 Å². The van der Waals surface area contributed by atoms with Gasteiger partial charge in [-0.25, -0.2) is 8.42 Å². The third-order valence-corrected chi connectivity index (χ3v) is 5.57. The highest BCUT2D eigenvalue weighted by Crippen LogP contribution is 2.14. The van der Waals surface area contributed by atoms with Crippen molar-refractivity contribution in [2.45, 2.75) is 50.5 Å². The number of amides is 1. The summed E-state index contributed by atoms with van der Waals surface area (Å²) in [6.45, 7) is 5.06. The maximum absolute atomic E-state index is 12.3. The van der Waals surface area contributed by atoms with Gasteiger partial charge in [0.15, 0.2) is 0 Å². The third-order valence-electron chi connectivity index (χ3n) is 4.01. The number of carbonyl (C=O) groups excluding carboxylic acids is 1. The van der Waals surface area contributed by atoms with Gasteiger partial charge in [0.05, 0.1) is 10.9 Å². The van der Waals surface area contributed by atoms with Gasteiger partial charge in [0.2, 0.25) is 15.9 Å². The molecule has 1 aliphatic rings. The second-order valence-corrected chi connectivity index (χ2v) is 7.44. The average molecular weight is 324 g/mol. The van der Waals surface area contributed by atoms with Crippen LogP contribution >= 0.6 is 0 Å². The first-order valence-corrected chi connectivity index (χ1v) is 9.32. The number of sulfonamides is 1. The zero-order valence-corrected chi connectivity index (χ0v) is 14.0. The molecular weight excluding hydrogens is 300 g/mol. The number of nitrogens with one attached hydrogen (secondary N) is 1. The molecule has 22 heavy (non-hydrogen) atoms. The summed E-state index contributed by atoms with van der Waals surface area (Å²) in [5.41, 5.74) is 1.08. The highest BCUT2D eigenvalue weighted by Gasteiger charge is 2.26. The molecule has 1 amide bonds. The van der Waals surface area contributed by atoms with E-state index >= 15 is 0 Å². The number of carbonyl (C=O) groups is 1. The van der Waals surface area contributed by atoms with E-state index in [4.69, 9.17) is 0 Å². The average Bonchev–Trinajstić information content (AvgIpc) is 2.54. The van der Waals surface area contributed by atoms with Gasteiger partial charge < -0.3 is 4.90 Å². The van der Waals surface area contributed by atoms with Crippen LogP contribution in [-0.2, 0) is 21.2 Å². The molecule has 0 saturated carbocycles. The Hall–Kier alpha value is -1.40. The molecule has 0 radical (unpaired) electrons. The van der Waals surface area contributed by atoms with Crippen molar-refractivity contribution in [1.29, 1.82) is 0 Å². The molecule has 0 aromatic heterocycles. The molecule has 6 heteroatoms. The van der Waals surface area contributed by atoms with Gasteiger partial charge in [-0.05, 0) is 50.3 Å². The minimum atomic E-state index is -3.67. The molecule has 2 rings (SSSR count). The van der Waals surface area contributed by atoms with Crippen molar-refractivity contribution >= 4 is 15.9 Å². The normalized spacial score (nSPS) is 17.3. The second kappa shape index (κ2) is 7.24. The topological polar surface area (TPSA) is 66.5 Å². The zero-order chi connectivity index (χ0) is 16.2. The Kier molecular flexibility index (Phi) is 5.58. The number of rotatable bonds is 5. The molecular formula is C16H24N2O3S. The standard InChI is InChI=1S/C16H24N2O3S/c1-3-14-7-9-15(10-8-14)22(20,21)17-13(2)16(19)18-11-5-4-6-12-18/h7-10,13,17H,3-6,11-12H2,1-2H3/t13-/m0/s1. The first-order valence-electron chi connectivity index (χ1n) is 7.84. The lowest BCUT2D eigenvalue weighted by molar-refractivity contribution is -0.133. The first kappa shape index (κ1) is 17.0. The van der Waals surface area contributed by atoms with Gasteiger partial charge in [-0.2, -0.15) is 4.72 Å². The van der Waals surface area contributed by atoms with Crippen LogP contribution in [0.25, 0.3) is 0 Å². The number of hydrogen-bond acceptors (Lipinski definition) is 3. The Balaban J connectivity index is 2.04. The van der Waals surface area contributed by atoms with Crippen molar-refractivity contribution in [3.8, 4) is 0 Å². The number of likely N-dealkylation sites (tertiary alicyclic amines) is 1. The Morgan fingerprint density at radius 1 is 1.18 bits per heavy atom. The quantitative estimate of drug-likeness (QED) is 0.900. The largest absolute Gasteiger partial charge is 0.341 e. The predicted molar refractivity (Wildman–Crippen MR) is 86.0 cm³/mol. The molecule has 0 spiro atoms. The van der Waals surface area contributed by atoms with Crippen molar-refractivity contribution in [2.75, 3.05) is 13.1 Å². The molecule has 1 aromatic rings. The van der Waals surface area contributed by atoms with Gasteiger partial charge in [0.1, 0.15) is 0 Å². The molecule has 1 atom stereocenters. The molecule has 0 unspecified atom stereocenters. The summed E-state index contributed by atoms with van der Waals surface area (Å²) in [4.78, 5) is 14.3. The van der Waals surface area contributed by atoms with E-state index in [-0.39, 0.29) is 10.8 Å². The molecule has 1 aromatic carbocycles. The molecule has 1 fully saturated rings. The molecule has 122 valence electrons. The van der Waals surface area contributed by atoms with E-state index in [1.165, 1.54) is 0 Å². The molecule has 1 aliphatic heterocycles. The van der Waals surface area contributed by atoms with Gasteiger partial charge in [-0.1, -0.05) is 19.1 Å². The van der Waals surface area contributed by atoms with Crippen molar-refractivity contribution in [2.24, 2.45) is 0 Å². The summed E-state index contributed by atoms with van der Waals surface area (Å²) in [5, 5.41) is 0. The van der Waals surface area contributed by atoms with Crippen molar-refractivity contribution in [3.63, 3.8) is 0 Å². The van der Waals surface area contributed by atoms with Crippen LogP contribution in [0.3, 0.4) is 0 Å². The fourth-order valence-corrected chi connectivity index (χ4v) is 3.84. The number of hydrogen-bond donors (Lipinski definition) is 1. The lowest BCUT2D eigenvalue weighted by atomic mass is 10.1. The van der Waals surface area contributed by atoms with E-state index in [9.17, 15) is 13.2 Å². The van der Waals surface area contributed by atoms with E-state index in [0.29, 0.717) is 0 Å². The van der Waals surface area contributed by atoms with Crippen molar-refractivity contribution in [3.05, 3.63) is 29.8 Å². The number of aryl methyl sites for hydroxylation is 1. The van der Waals surface area contributed by atoms with Crippen LogP contribution in [0.2, 0.25) is 0 Å². The van der Waals surface area contributed by atoms with Crippen LogP contribution in [-0.4, -0.2) is 38.4 Å². The smallest absolute Gasteiger partial charge is 0.241 e. The van der Waals surface area contributed by atoms with E-state index < -0.39 is 16.1 Å². The predicted octanol–water partition coefficient (Wildman–Crippen LogP) is 1.93. The van der Waals surface area contributed by atoms with Crippen LogP contribution in [0.5, 0.6) is 0 Å².